The van der Waals surface area contributed by atoms with Crippen molar-refractivity contribution >= 4 is 5.97 Å². The van der Waals surface area contributed by atoms with E-state index in [0.29, 0.717) is 92.5 Å². The van der Waals surface area contributed by atoms with Gasteiger partial charge in [-0.25, -0.2) is 4.79 Å². The Morgan fingerprint density at radius 1 is 0.375 bits per heavy atom. The van der Waals surface area contributed by atoms with E-state index < -0.39 is 5.97 Å². The topological polar surface area (TPSA) is 100 Å². The van der Waals surface area contributed by atoms with Crippen molar-refractivity contribution in [3.8, 4) is 0 Å². The smallest absolute Gasteiger partial charge is 0.331 e. The van der Waals surface area contributed by atoms with E-state index in [-0.39, 0.29) is 6.61 Å². The molecular weight excluding hydrogens is 520 g/mol. The maximum absolute atomic E-state index is 10.8. The van der Waals surface area contributed by atoms with E-state index in [2.05, 4.69) is 11.7 Å². The molecule has 0 aromatic heterocycles. The minimum absolute atomic E-state index is 0.0603. The summed E-state index contributed by atoms with van der Waals surface area (Å²) in [5.41, 5.74) is 0. The zero-order valence-electron chi connectivity index (χ0n) is 25.7. The zero-order chi connectivity index (χ0) is 29.0. The van der Waals surface area contributed by atoms with E-state index in [1.165, 1.54) is 71.3 Å². The third kappa shape index (κ3) is 35.2. The van der Waals surface area contributed by atoms with Crippen molar-refractivity contribution in [3.63, 3.8) is 0 Å². The van der Waals surface area contributed by atoms with Crippen molar-refractivity contribution in [3.05, 3.63) is 0 Å². The molecule has 0 heterocycles. The van der Waals surface area contributed by atoms with Gasteiger partial charge in [0.15, 0.2) is 0 Å². The van der Waals surface area contributed by atoms with E-state index in [1.54, 1.807) is 0 Å². The Morgan fingerprint density at radius 3 is 0.975 bits per heavy atom. The van der Waals surface area contributed by atoms with Gasteiger partial charge in [-0.3, -0.25) is 0 Å². The van der Waals surface area contributed by atoms with Crippen LogP contribution in [0.3, 0.4) is 0 Å². The van der Waals surface area contributed by atoms with Crippen molar-refractivity contribution < 1.29 is 47.4 Å². The van der Waals surface area contributed by atoms with E-state index >= 15 is 0 Å². The Hall–Kier alpha value is -0.850. The number of unbranched alkanes of at least 4 members (excludes halogenated alkanes) is 10. The number of rotatable bonds is 35. The van der Waals surface area contributed by atoms with E-state index in [4.69, 9.17) is 37.9 Å². The molecule has 0 bridgehead atoms. The van der Waals surface area contributed by atoms with Crippen LogP contribution in [0.4, 0.5) is 0 Å². The molecular formula is C30H60O10. The highest BCUT2D eigenvalue weighted by atomic mass is 16.6. The van der Waals surface area contributed by atoms with Crippen molar-refractivity contribution in [2.75, 3.05) is 113 Å². The summed E-state index contributed by atoms with van der Waals surface area (Å²) >= 11 is 0. The van der Waals surface area contributed by atoms with Gasteiger partial charge in [-0.1, -0.05) is 71.1 Å². The van der Waals surface area contributed by atoms with Gasteiger partial charge in [0.2, 0.25) is 0 Å². The molecule has 0 unspecified atom stereocenters. The SMILES string of the molecule is CCCCCCCCCCCCCOCCOCCOCCOCCOCCOCCOCCOCC(=O)OC. The molecule has 240 valence electrons. The van der Waals surface area contributed by atoms with Gasteiger partial charge >= 0.3 is 5.97 Å². The number of methoxy groups -OCH3 is 1. The van der Waals surface area contributed by atoms with Gasteiger partial charge in [-0.2, -0.15) is 0 Å². The minimum Gasteiger partial charge on any atom is -0.467 e. The van der Waals surface area contributed by atoms with Gasteiger partial charge in [0.05, 0.1) is 99.6 Å². The van der Waals surface area contributed by atoms with Crippen LogP contribution in [0.25, 0.3) is 0 Å². The van der Waals surface area contributed by atoms with Crippen molar-refractivity contribution in [2.24, 2.45) is 0 Å². The highest BCUT2D eigenvalue weighted by Gasteiger charge is 1.99. The Labute approximate surface area is 244 Å². The summed E-state index contributed by atoms with van der Waals surface area (Å²) in [7, 11) is 1.32. The van der Waals surface area contributed by atoms with Crippen LogP contribution in [0.5, 0.6) is 0 Å². The Morgan fingerprint density at radius 2 is 0.650 bits per heavy atom. The van der Waals surface area contributed by atoms with E-state index in [9.17, 15) is 4.79 Å². The molecule has 0 aromatic carbocycles. The Bertz CT molecular complexity index is 481. The summed E-state index contributed by atoms with van der Waals surface area (Å²) in [5.74, 6) is -0.399. The molecule has 0 amide bonds. The first kappa shape index (κ1) is 39.1. The molecule has 40 heavy (non-hydrogen) atoms. The van der Waals surface area contributed by atoms with Crippen LogP contribution < -0.4 is 0 Å². The third-order valence-electron chi connectivity index (χ3n) is 5.94. The van der Waals surface area contributed by atoms with Gasteiger partial charge in [-0.05, 0) is 6.42 Å². The molecule has 0 rings (SSSR count). The lowest BCUT2D eigenvalue weighted by molar-refractivity contribution is -0.146. The summed E-state index contributed by atoms with van der Waals surface area (Å²) < 4.78 is 47.8. The summed E-state index contributed by atoms with van der Waals surface area (Å²) in [5, 5.41) is 0. The predicted octanol–water partition coefficient (Wildman–Crippen LogP) is 4.60. The monoisotopic (exact) mass is 580 g/mol. The molecule has 10 heteroatoms. The van der Waals surface area contributed by atoms with E-state index in [0.717, 1.165) is 13.0 Å². The van der Waals surface area contributed by atoms with Crippen LogP contribution in [0.1, 0.15) is 77.6 Å². The molecule has 0 spiro atoms. The number of esters is 1. The molecule has 0 aromatic rings. The highest BCUT2D eigenvalue weighted by molar-refractivity contribution is 5.70. The average molecular weight is 581 g/mol. The fraction of sp³-hybridized carbons (Fsp3) is 0.967. The molecule has 0 aliphatic carbocycles. The lowest BCUT2D eigenvalue weighted by Gasteiger charge is -2.08. The van der Waals surface area contributed by atoms with Crippen LogP contribution in [0, 0.1) is 0 Å². The van der Waals surface area contributed by atoms with Crippen LogP contribution >= 0.6 is 0 Å². The largest absolute Gasteiger partial charge is 0.467 e. The summed E-state index contributed by atoms with van der Waals surface area (Å²) in [6, 6.07) is 0. The molecule has 0 radical (unpaired) electrons. The van der Waals surface area contributed by atoms with Gasteiger partial charge in [0.25, 0.3) is 0 Å². The third-order valence-corrected chi connectivity index (χ3v) is 5.94. The standard InChI is InChI=1S/C30H60O10/c1-3-4-5-6-7-8-9-10-11-12-13-14-33-15-16-34-17-18-35-19-20-36-21-22-37-23-24-38-25-26-39-27-28-40-29-30(31)32-2/h3-29H2,1-2H3. The summed E-state index contributed by atoms with van der Waals surface area (Å²) in [4.78, 5) is 10.8. The number of hydrogen-bond acceptors (Lipinski definition) is 10. The van der Waals surface area contributed by atoms with Gasteiger partial charge in [0, 0.05) is 6.61 Å². The maximum Gasteiger partial charge on any atom is 0.331 e. The molecule has 0 aliphatic rings. The first-order valence-electron chi connectivity index (χ1n) is 15.5. The van der Waals surface area contributed by atoms with Crippen LogP contribution in [-0.4, -0.2) is 119 Å². The fourth-order valence-electron chi connectivity index (χ4n) is 3.62. The lowest BCUT2D eigenvalue weighted by atomic mass is 10.1. The second kappa shape index (κ2) is 36.2. The average Bonchev–Trinajstić information content (AvgIpc) is 2.97. The van der Waals surface area contributed by atoms with Gasteiger partial charge < -0.3 is 42.6 Å². The lowest BCUT2D eigenvalue weighted by Crippen LogP contribution is -2.16. The molecule has 0 N–H and O–H groups in total. The molecule has 0 atom stereocenters. The molecule has 0 aliphatic heterocycles. The minimum atomic E-state index is -0.399. The second-order valence-corrected chi connectivity index (χ2v) is 9.45. The Kier molecular flexibility index (Phi) is 35.4. The number of carbonyl (C=O) groups excluding carboxylic acids is 1. The maximum atomic E-state index is 10.8. The number of hydrogen-bond donors (Lipinski definition) is 0. The highest BCUT2D eigenvalue weighted by Crippen LogP contribution is 2.11. The normalized spacial score (nSPS) is 11.3. The number of ether oxygens (including phenoxy) is 9. The molecule has 0 fully saturated rings. The zero-order valence-corrected chi connectivity index (χ0v) is 25.7. The molecule has 0 saturated carbocycles. The molecule has 0 saturated heterocycles. The van der Waals surface area contributed by atoms with Gasteiger partial charge in [-0.15, -0.1) is 0 Å². The quantitative estimate of drug-likeness (QED) is 0.0781. The number of carbonyl (C=O) groups is 1. The first-order chi connectivity index (χ1) is 19.8. The fourth-order valence-corrected chi connectivity index (χ4v) is 3.62. The molecule has 10 nitrogen and oxygen atoms in total. The van der Waals surface area contributed by atoms with E-state index in [1.807, 2.05) is 0 Å². The van der Waals surface area contributed by atoms with Crippen LogP contribution in [0.15, 0.2) is 0 Å². The van der Waals surface area contributed by atoms with Gasteiger partial charge in [0.1, 0.15) is 6.61 Å². The second-order valence-electron chi connectivity index (χ2n) is 9.45. The van der Waals surface area contributed by atoms with Crippen molar-refractivity contribution in [2.45, 2.75) is 77.6 Å². The van der Waals surface area contributed by atoms with Crippen LogP contribution in [0.2, 0.25) is 0 Å². The van der Waals surface area contributed by atoms with Crippen molar-refractivity contribution in [1.29, 1.82) is 0 Å². The van der Waals surface area contributed by atoms with Crippen LogP contribution in [-0.2, 0) is 47.4 Å². The Balaban J connectivity index is 3.04. The summed E-state index contributed by atoms with van der Waals surface area (Å²) in [6.07, 6.45) is 14.9. The van der Waals surface area contributed by atoms with Crippen molar-refractivity contribution in [1.82, 2.24) is 0 Å². The summed E-state index contributed by atoms with van der Waals surface area (Å²) in [6.45, 7) is 10.2. The predicted molar refractivity (Wildman–Crippen MR) is 155 cm³/mol. The first-order valence-corrected chi connectivity index (χ1v) is 15.5.